The standard InChI is InChI=1S/C18H25N3O3/c22-17(6-10-21-9-2-1-3-18(21)23)20-16-13-24-12-15(16)11-14-4-7-19-8-5-14/h4-5,7-8,15-16H,1-3,6,9-13H2,(H,20,22)/t15-,16-/m1/s1. The van der Waals surface area contributed by atoms with Crippen LogP contribution in [0.4, 0.5) is 0 Å². The van der Waals surface area contributed by atoms with Crippen molar-refractivity contribution in [1.29, 1.82) is 0 Å². The number of hydrogen-bond donors (Lipinski definition) is 1. The van der Waals surface area contributed by atoms with Gasteiger partial charge in [0.15, 0.2) is 0 Å². The molecular formula is C18H25N3O3. The number of piperidine rings is 1. The second-order valence-corrected chi connectivity index (χ2v) is 6.62. The van der Waals surface area contributed by atoms with E-state index in [1.165, 1.54) is 5.56 Å². The van der Waals surface area contributed by atoms with Gasteiger partial charge < -0.3 is 15.0 Å². The van der Waals surface area contributed by atoms with E-state index < -0.39 is 0 Å². The maximum atomic E-state index is 12.2. The first-order valence-electron chi connectivity index (χ1n) is 8.76. The summed E-state index contributed by atoms with van der Waals surface area (Å²) in [5, 5.41) is 3.09. The molecule has 0 saturated carbocycles. The molecule has 0 aliphatic carbocycles. The summed E-state index contributed by atoms with van der Waals surface area (Å²) in [6.45, 7) is 2.53. The number of amides is 2. The Morgan fingerprint density at radius 1 is 1.29 bits per heavy atom. The average molecular weight is 331 g/mol. The Bertz CT molecular complexity index is 564. The first-order chi connectivity index (χ1) is 11.7. The van der Waals surface area contributed by atoms with Gasteiger partial charge in [-0.15, -0.1) is 0 Å². The van der Waals surface area contributed by atoms with E-state index in [4.69, 9.17) is 4.74 Å². The molecule has 1 aromatic heterocycles. The molecule has 6 heteroatoms. The van der Waals surface area contributed by atoms with Crippen molar-refractivity contribution in [3.05, 3.63) is 30.1 Å². The van der Waals surface area contributed by atoms with Crippen molar-refractivity contribution in [3.63, 3.8) is 0 Å². The molecule has 2 atom stereocenters. The van der Waals surface area contributed by atoms with Crippen LogP contribution in [0, 0.1) is 5.92 Å². The van der Waals surface area contributed by atoms with Crippen molar-refractivity contribution in [3.8, 4) is 0 Å². The van der Waals surface area contributed by atoms with Gasteiger partial charge in [-0.25, -0.2) is 0 Å². The zero-order chi connectivity index (χ0) is 16.8. The lowest BCUT2D eigenvalue weighted by Crippen LogP contribution is -2.43. The molecule has 2 fully saturated rings. The number of carbonyl (C=O) groups is 2. The third-order valence-electron chi connectivity index (χ3n) is 4.82. The van der Waals surface area contributed by atoms with E-state index in [0.29, 0.717) is 32.6 Å². The van der Waals surface area contributed by atoms with E-state index in [1.54, 1.807) is 12.4 Å². The van der Waals surface area contributed by atoms with Gasteiger partial charge in [0.2, 0.25) is 11.8 Å². The van der Waals surface area contributed by atoms with Gasteiger partial charge in [-0.3, -0.25) is 14.6 Å². The minimum atomic E-state index is 0.00334. The number of pyridine rings is 1. The van der Waals surface area contributed by atoms with Crippen LogP contribution in [0.25, 0.3) is 0 Å². The second-order valence-electron chi connectivity index (χ2n) is 6.62. The molecular weight excluding hydrogens is 306 g/mol. The van der Waals surface area contributed by atoms with Gasteiger partial charge in [0.05, 0.1) is 19.3 Å². The molecule has 130 valence electrons. The highest BCUT2D eigenvalue weighted by Crippen LogP contribution is 2.19. The van der Waals surface area contributed by atoms with Crippen molar-refractivity contribution in [2.24, 2.45) is 5.92 Å². The highest BCUT2D eigenvalue weighted by Gasteiger charge is 2.29. The average Bonchev–Trinajstić information content (AvgIpc) is 3.02. The van der Waals surface area contributed by atoms with E-state index in [1.807, 2.05) is 17.0 Å². The summed E-state index contributed by atoms with van der Waals surface area (Å²) < 4.78 is 5.56. The van der Waals surface area contributed by atoms with Crippen molar-refractivity contribution < 1.29 is 14.3 Å². The quantitative estimate of drug-likeness (QED) is 0.849. The fourth-order valence-corrected chi connectivity index (χ4v) is 3.39. The molecule has 0 spiro atoms. The molecule has 2 saturated heterocycles. The van der Waals surface area contributed by atoms with Gasteiger partial charge in [0.25, 0.3) is 0 Å². The van der Waals surface area contributed by atoms with Crippen LogP contribution in [0.15, 0.2) is 24.5 Å². The Morgan fingerprint density at radius 3 is 2.92 bits per heavy atom. The highest BCUT2D eigenvalue weighted by molar-refractivity contribution is 5.79. The van der Waals surface area contributed by atoms with Crippen LogP contribution >= 0.6 is 0 Å². The van der Waals surface area contributed by atoms with Gasteiger partial charge in [-0.2, -0.15) is 0 Å². The molecule has 3 rings (SSSR count). The molecule has 0 radical (unpaired) electrons. The topological polar surface area (TPSA) is 71.5 Å². The SMILES string of the molecule is O=C(CCN1CCCCC1=O)N[C@@H]1COC[C@H]1Cc1ccncc1. The first kappa shape index (κ1) is 16.9. The molecule has 2 aliphatic rings. The molecule has 3 heterocycles. The molecule has 6 nitrogen and oxygen atoms in total. The lowest BCUT2D eigenvalue weighted by Gasteiger charge is -2.27. The zero-order valence-corrected chi connectivity index (χ0v) is 13.9. The number of carbonyl (C=O) groups excluding carboxylic acids is 2. The summed E-state index contributed by atoms with van der Waals surface area (Å²) in [5.41, 5.74) is 1.21. The van der Waals surface area contributed by atoms with Crippen LogP contribution in [0.2, 0.25) is 0 Å². The number of likely N-dealkylation sites (tertiary alicyclic amines) is 1. The molecule has 1 N–H and O–H groups in total. The van der Waals surface area contributed by atoms with Crippen LogP contribution < -0.4 is 5.32 Å². The van der Waals surface area contributed by atoms with Crippen molar-refractivity contribution >= 4 is 11.8 Å². The van der Waals surface area contributed by atoms with Gasteiger partial charge >= 0.3 is 0 Å². The molecule has 0 unspecified atom stereocenters. The second kappa shape index (κ2) is 8.24. The minimum absolute atomic E-state index is 0.00334. The summed E-state index contributed by atoms with van der Waals surface area (Å²) in [7, 11) is 0. The lowest BCUT2D eigenvalue weighted by atomic mass is 9.95. The van der Waals surface area contributed by atoms with Gasteiger partial charge in [0, 0.05) is 44.2 Å². The molecule has 0 aromatic carbocycles. The van der Waals surface area contributed by atoms with Crippen LogP contribution in [0.3, 0.4) is 0 Å². The van der Waals surface area contributed by atoms with Crippen molar-refractivity contribution in [1.82, 2.24) is 15.2 Å². The van der Waals surface area contributed by atoms with E-state index in [9.17, 15) is 9.59 Å². The van der Waals surface area contributed by atoms with Crippen LogP contribution in [-0.4, -0.2) is 54.0 Å². The third kappa shape index (κ3) is 4.54. The highest BCUT2D eigenvalue weighted by atomic mass is 16.5. The Hall–Kier alpha value is -1.95. The maximum absolute atomic E-state index is 12.2. The van der Waals surface area contributed by atoms with E-state index >= 15 is 0 Å². The van der Waals surface area contributed by atoms with Gasteiger partial charge in [0.1, 0.15) is 0 Å². The van der Waals surface area contributed by atoms with Crippen LogP contribution in [0.1, 0.15) is 31.2 Å². The van der Waals surface area contributed by atoms with E-state index in [-0.39, 0.29) is 23.8 Å². The summed E-state index contributed by atoms with van der Waals surface area (Å²) in [5.74, 6) is 0.463. The monoisotopic (exact) mass is 331 g/mol. The fraction of sp³-hybridized carbons (Fsp3) is 0.611. The van der Waals surface area contributed by atoms with Crippen LogP contribution in [-0.2, 0) is 20.7 Å². The normalized spacial score (nSPS) is 24.2. The molecule has 0 bridgehead atoms. The van der Waals surface area contributed by atoms with Crippen molar-refractivity contribution in [2.45, 2.75) is 38.1 Å². The smallest absolute Gasteiger partial charge is 0.222 e. The number of aromatic nitrogens is 1. The third-order valence-corrected chi connectivity index (χ3v) is 4.82. The lowest BCUT2D eigenvalue weighted by molar-refractivity contribution is -0.133. The van der Waals surface area contributed by atoms with Gasteiger partial charge in [-0.1, -0.05) is 0 Å². The summed E-state index contributed by atoms with van der Waals surface area (Å²) in [4.78, 5) is 29.8. The Balaban J connectivity index is 1.45. The largest absolute Gasteiger partial charge is 0.379 e. The Morgan fingerprint density at radius 2 is 2.12 bits per heavy atom. The van der Waals surface area contributed by atoms with Crippen LogP contribution in [0.5, 0.6) is 0 Å². The summed E-state index contributed by atoms with van der Waals surface area (Å²) >= 11 is 0. The fourth-order valence-electron chi connectivity index (χ4n) is 3.39. The number of nitrogens with zero attached hydrogens (tertiary/aromatic N) is 2. The van der Waals surface area contributed by atoms with E-state index in [2.05, 4.69) is 10.3 Å². The number of rotatable bonds is 6. The minimum Gasteiger partial charge on any atom is -0.379 e. The summed E-state index contributed by atoms with van der Waals surface area (Å²) in [6, 6.07) is 4.04. The maximum Gasteiger partial charge on any atom is 0.222 e. The predicted octanol–water partition coefficient (Wildman–Crippen LogP) is 1.16. The number of nitrogens with one attached hydrogen (secondary N) is 1. The zero-order valence-electron chi connectivity index (χ0n) is 13.9. The molecule has 24 heavy (non-hydrogen) atoms. The van der Waals surface area contributed by atoms with Gasteiger partial charge in [-0.05, 0) is 37.0 Å². The van der Waals surface area contributed by atoms with Crippen molar-refractivity contribution in [2.75, 3.05) is 26.3 Å². The Labute approximate surface area is 142 Å². The first-order valence-corrected chi connectivity index (χ1v) is 8.76. The van der Waals surface area contributed by atoms with E-state index in [0.717, 1.165) is 25.8 Å². The molecule has 2 amide bonds. The predicted molar refractivity (Wildman–Crippen MR) is 89.2 cm³/mol. The summed E-state index contributed by atoms with van der Waals surface area (Å²) in [6.07, 6.45) is 7.44. The number of hydrogen-bond acceptors (Lipinski definition) is 4. The molecule has 1 aromatic rings. The Kier molecular flexibility index (Phi) is 5.80. The molecule has 2 aliphatic heterocycles. The number of ether oxygens (including phenoxy) is 1.